The van der Waals surface area contributed by atoms with Crippen molar-refractivity contribution in [3.8, 4) is 0 Å². The van der Waals surface area contributed by atoms with Crippen LogP contribution >= 0.6 is 0 Å². The van der Waals surface area contributed by atoms with Gasteiger partial charge in [0.1, 0.15) is 18.3 Å². The van der Waals surface area contributed by atoms with Gasteiger partial charge >= 0.3 is 6.09 Å². The Kier molecular flexibility index (Phi) is 3.82. The summed E-state index contributed by atoms with van der Waals surface area (Å²) in [6.07, 6.45) is 5.17. The maximum Gasteiger partial charge on any atom is 0.519 e. The predicted molar refractivity (Wildman–Crippen MR) is 73.6 cm³/mol. The molecule has 0 aliphatic heterocycles. The van der Waals surface area contributed by atoms with Crippen LogP contribution < -0.4 is 4.48 Å². The molecule has 1 saturated carbocycles. The quantitative estimate of drug-likeness (QED) is 0.648. The number of amides is 1. The highest BCUT2D eigenvalue weighted by Gasteiger charge is 2.46. The average molecular weight is 246 g/mol. The third-order valence-electron chi connectivity index (χ3n) is 3.92. The highest BCUT2D eigenvalue weighted by atomic mass is 16.4. The van der Waals surface area contributed by atoms with Crippen molar-refractivity contribution in [1.29, 1.82) is 0 Å². The Morgan fingerprint density at radius 1 is 1.33 bits per heavy atom. The van der Waals surface area contributed by atoms with Crippen molar-refractivity contribution in [3.05, 3.63) is 43.0 Å². The minimum atomic E-state index is -0.770. The van der Waals surface area contributed by atoms with Crippen molar-refractivity contribution in [2.45, 2.75) is 31.7 Å². The molecule has 0 radical (unpaired) electrons. The van der Waals surface area contributed by atoms with Gasteiger partial charge < -0.3 is 5.11 Å². The number of nitrogens with zero attached hydrogens (tertiary/aromatic N) is 1. The minimum absolute atomic E-state index is 0.00431. The molecule has 0 aromatic heterocycles. The minimum Gasteiger partial charge on any atom is -0.435 e. The smallest absolute Gasteiger partial charge is 0.435 e. The zero-order chi connectivity index (χ0) is 13.0. The molecule has 1 aliphatic rings. The summed E-state index contributed by atoms with van der Waals surface area (Å²) < 4.78 is 0.00431. The van der Waals surface area contributed by atoms with E-state index in [9.17, 15) is 9.90 Å². The molecular weight excluding hydrogens is 226 g/mol. The lowest BCUT2D eigenvalue weighted by molar-refractivity contribution is 0.133. The first-order valence-electron chi connectivity index (χ1n) is 6.49. The molecule has 1 aromatic carbocycles. The number of para-hydroxylation sites is 1. The van der Waals surface area contributed by atoms with Gasteiger partial charge in [0.2, 0.25) is 0 Å². The highest BCUT2D eigenvalue weighted by Crippen LogP contribution is 2.35. The lowest BCUT2D eigenvalue weighted by atomic mass is 10.1. The Bertz CT molecular complexity index is 423. The molecule has 96 valence electrons. The van der Waals surface area contributed by atoms with Gasteiger partial charge in [-0.25, -0.2) is 0 Å². The second kappa shape index (κ2) is 5.36. The molecule has 1 aliphatic carbocycles. The predicted octanol–water partition coefficient (Wildman–Crippen LogP) is 3.80. The second-order valence-electron chi connectivity index (χ2n) is 4.90. The van der Waals surface area contributed by atoms with Gasteiger partial charge in [0.15, 0.2) is 0 Å². The molecule has 1 fully saturated rings. The number of rotatable bonds is 4. The maximum atomic E-state index is 11.9. The topological polar surface area (TPSA) is 37.3 Å². The summed E-state index contributed by atoms with van der Waals surface area (Å²) in [5, 5.41) is 9.79. The molecular formula is C15H20NO2+. The van der Waals surface area contributed by atoms with E-state index in [1.54, 1.807) is 6.08 Å². The van der Waals surface area contributed by atoms with Crippen LogP contribution in [0, 0.1) is 0 Å². The molecule has 1 unspecified atom stereocenters. The summed E-state index contributed by atoms with van der Waals surface area (Å²) >= 11 is 0. The zero-order valence-corrected chi connectivity index (χ0v) is 10.6. The molecule has 1 N–H and O–H groups in total. The van der Waals surface area contributed by atoms with Gasteiger partial charge in [0.05, 0.1) is 0 Å². The largest absolute Gasteiger partial charge is 0.519 e. The van der Waals surface area contributed by atoms with Gasteiger partial charge in [0, 0.05) is 12.8 Å². The van der Waals surface area contributed by atoms with E-state index >= 15 is 0 Å². The van der Waals surface area contributed by atoms with Gasteiger partial charge in [-0.2, -0.15) is 9.28 Å². The van der Waals surface area contributed by atoms with Gasteiger partial charge in [-0.3, -0.25) is 0 Å². The summed E-state index contributed by atoms with van der Waals surface area (Å²) in [5.41, 5.74) is 0.858. The van der Waals surface area contributed by atoms with E-state index in [1.165, 1.54) is 0 Å². The molecule has 0 bridgehead atoms. The number of carbonyl (C=O) groups is 1. The Morgan fingerprint density at radius 2 is 1.94 bits per heavy atom. The number of carboxylic acid groups (broad SMARTS) is 1. The summed E-state index contributed by atoms with van der Waals surface area (Å²) in [5.74, 6) is 0. The SMILES string of the molecule is C=CC[N+](C(=O)O)(c1ccccc1)C1CCCC1. The zero-order valence-electron chi connectivity index (χ0n) is 10.6. The molecule has 0 heterocycles. The average Bonchev–Trinajstić information content (AvgIpc) is 2.90. The summed E-state index contributed by atoms with van der Waals surface area (Å²) in [7, 11) is 0. The molecule has 1 atom stereocenters. The summed E-state index contributed by atoms with van der Waals surface area (Å²) in [4.78, 5) is 11.9. The van der Waals surface area contributed by atoms with Crippen LogP contribution in [0.1, 0.15) is 25.7 Å². The van der Waals surface area contributed by atoms with Crippen LogP contribution in [0.3, 0.4) is 0 Å². The molecule has 1 aromatic rings. The first kappa shape index (κ1) is 12.8. The Hall–Kier alpha value is -1.61. The fourth-order valence-corrected chi connectivity index (χ4v) is 3.05. The standard InChI is InChI=1S/C15H19NO2/c1-2-12-16(15(17)18,14-10-6-7-11-14)13-8-4-3-5-9-13/h2-5,8-9,14H,1,6-7,10-12H2/p+1. The van der Waals surface area contributed by atoms with Crippen LogP contribution in [0.4, 0.5) is 10.5 Å². The monoisotopic (exact) mass is 246 g/mol. The number of hydrogen-bond donors (Lipinski definition) is 1. The van der Waals surface area contributed by atoms with E-state index in [0.717, 1.165) is 31.4 Å². The van der Waals surface area contributed by atoms with E-state index in [4.69, 9.17) is 0 Å². The number of benzene rings is 1. The molecule has 0 saturated heterocycles. The van der Waals surface area contributed by atoms with Gasteiger partial charge in [-0.05, 0) is 31.1 Å². The van der Waals surface area contributed by atoms with E-state index in [1.807, 2.05) is 30.3 Å². The van der Waals surface area contributed by atoms with Crippen molar-refractivity contribution in [1.82, 2.24) is 4.48 Å². The van der Waals surface area contributed by atoms with Gasteiger partial charge in [-0.1, -0.05) is 24.8 Å². The fraction of sp³-hybridized carbons (Fsp3) is 0.400. The van der Waals surface area contributed by atoms with Crippen molar-refractivity contribution in [2.24, 2.45) is 0 Å². The first-order chi connectivity index (χ1) is 8.71. The van der Waals surface area contributed by atoms with Crippen LogP contribution in [-0.2, 0) is 0 Å². The van der Waals surface area contributed by atoms with Crippen LogP contribution in [0.2, 0.25) is 0 Å². The molecule has 3 nitrogen and oxygen atoms in total. The Labute approximate surface area is 108 Å². The molecule has 18 heavy (non-hydrogen) atoms. The normalized spacial score (nSPS) is 19.3. The molecule has 0 spiro atoms. The number of quaternary nitrogens is 1. The molecule has 2 rings (SSSR count). The molecule has 3 heteroatoms. The first-order valence-corrected chi connectivity index (χ1v) is 6.49. The van der Waals surface area contributed by atoms with E-state index in [-0.39, 0.29) is 10.5 Å². The maximum absolute atomic E-state index is 11.9. The van der Waals surface area contributed by atoms with Crippen molar-refractivity contribution < 1.29 is 9.90 Å². The van der Waals surface area contributed by atoms with Crippen molar-refractivity contribution >= 4 is 11.8 Å². The third kappa shape index (κ3) is 2.06. The lowest BCUT2D eigenvalue weighted by Gasteiger charge is -2.36. The number of hydrogen-bond acceptors (Lipinski definition) is 1. The van der Waals surface area contributed by atoms with Crippen LogP contribution in [0.5, 0.6) is 0 Å². The Morgan fingerprint density at radius 3 is 2.44 bits per heavy atom. The summed E-state index contributed by atoms with van der Waals surface area (Å²) in [6.45, 7) is 4.19. The van der Waals surface area contributed by atoms with E-state index in [2.05, 4.69) is 6.58 Å². The van der Waals surface area contributed by atoms with Crippen LogP contribution in [0.25, 0.3) is 0 Å². The van der Waals surface area contributed by atoms with Gasteiger partial charge in [0.25, 0.3) is 0 Å². The van der Waals surface area contributed by atoms with Gasteiger partial charge in [-0.15, -0.1) is 0 Å². The fourth-order valence-electron chi connectivity index (χ4n) is 3.05. The van der Waals surface area contributed by atoms with Crippen molar-refractivity contribution in [2.75, 3.05) is 6.54 Å². The second-order valence-corrected chi connectivity index (χ2v) is 4.90. The van der Waals surface area contributed by atoms with Crippen LogP contribution in [-0.4, -0.2) is 23.8 Å². The van der Waals surface area contributed by atoms with E-state index < -0.39 is 6.09 Å². The third-order valence-corrected chi connectivity index (χ3v) is 3.92. The Balaban J connectivity index is 2.49. The summed E-state index contributed by atoms with van der Waals surface area (Å²) in [6, 6.07) is 9.73. The highest BCUT2D eigenvalue weighted by molar-refractivity contribution is 5.81. The van der Waals surface area contributed by atoms with E-state index in [0.29, 0.717) is 6.54 Å². The van der Waals surface area contributed by atoms with Crippen molar-refractivity contribution in [3.63, 3.8) is 0 Å². The lowest BCUT2D eigenvalue weighted by Crippen LogP contribution is -2.59. The molecule has 1 amide bonds. The van der Waals surface area contributed by atoms with Crippen LogP contribution in [0.15, 0.2) is 43.0 Å².